The highest BCUT2D eigenvalue weighted by Gasteiger charge is 2.08. The van der Waals surface area contributed by atoms with Crippen molar-refractivity contribution in [2.45, 2.75) is 27.2 Å². The molecule has 0 unspecified atom stereocenters. The quantitative estimate of drug-likeness (QED) is 0.652. The van der Waals surface area contributed by atoms with Crippen LogP contribution in [0.3, 0.4) is 0 Å². The smallest absolute Gasteiger partial charge is 0.308 e. The zero-order valence-corrected chi connectivity index (χ0v) is 10.7. The van der Waals surface area contributed by atoms with E-state index < -0.39 is 0 Å². The van der Waals surface area contributed by atoms with Crippen molar-refractivity contribution in [3.05, 3.63) is 39.7 Å². The minimum absolute atomic E-state index is 0.0810. The Morgan fingerprint density at radius 3 is 2.72 bits per heavy atom. The molecule has 4 heteroatoms. The molecule has 0 aliphatic rings. The number of fused-ring (bicyclic) bond motifs is 1. The fourth-order valence-electron chi connectivity index (χ4n) is 2.14. The highest BCUT2D eigenvalue weighted by molar-refractivity contribution is 5.84. The van der Waals surface area contributed by atoms with Crippen molar-refractivity contribution in [2.24, 2.45) is 0 Å². The number of aromatic nitrogens is 1. The average Bonchev–Trinajstić information content (AvgIpc) is 2.28. The zero-order chi connectivity index (χ0) is 13.3. The summed E-state index contributed by atoms with van der Waals surface area (Å²) in [4.78, 5) is 25.6. The second-order valence-corrected chi connectivity index (χ2v) is 4.21. The van der Waals surface area contributed by atoms with Crippen LogP contribution in [0.4, 0.5) is 0 Å². The molecule has 1 aromatic carbocycles. The summed E-state index contributed by atoms with van der Waals surface area (Å²) in [5.74, 6) is 0.0629. The Hall–Kier alpha value is -2.10. The molecule has 0 fully saturated rings. The summed E-state index contributed by atoms with van der Waals surface area (Å²) in [6.07, 6.45) is 0.697. The molecule has 0 aliphatic heterocycles. The molecule has 0 aliphatic carbocycles. The predicted octanol–water partition coefficient (Wildman–Crippen LogP) is 2.32. The number of pyridine rings is 1. The summed E-state index contributed by atoms with van der Waals surface area (Å²) in [6.45, 7) is 5.23. The number of hydrogen-bond acceptors (Lipinski definition) is 3. The summed E-state index contributed by atoms with van der Waals surface area (Å²) >= 11 is 0. The van der Waals surface area contributed by atoms with Gasteiger partial charge in [0.25, 0.3) is 5.56 Å². The number of hydrogen-bond donors (Lipinski definition) is 1. The van der Waals surface area contributed by atoms with Crippen LogP contribution in [-0.2, 0) is 11.2 Å². The number of carbonyl (C=O) groups is 1. The van der Waals surface area contributed by atoms with Crippen LogP contribution in [0.15, 0.2) is 23.0 Å². The Morgan fingerprint density at radius 1 is 1.39 bits per heavy atom. The van der Waals surface area contributed by atoms with E-state index in [9.17, 15) is 9.59 Å². The first-order chi connectivity index (χ1) is 8.52. The van der Waals surface area contributed by atoms with E-state index in [0.717, 1.165) is 16.5 Å². The van der Waals surface area contributed by atoms with E-state index >= 15 is 0 Å². The first-order valence-electron chi connectivity index (χ1n) is 5.87. The molecular weight excluding hydrogens is 230 g/mol. The van der Waals surface area contributed by atoms with Crippen molar-refractivity contribution >= 4 is 16.9 Å². The van der Waals surface area contributed by atoms with Gasteiger partial charge in [-0.2, -0.15) is 0 Å². The van der Waals surface area contributed by atoms with Crippen LogP contribution in [-0.4, -0.2) is 11.0 Å². The largest absolute Gasteiger partial charge is 0.427 e. The van der Waals surface area contributed by atoms with Gasteiger partial charge in [0.2, 0.25) is 0 Å². The molecule has 18 heavy (non-hydrogen) atoms. The van der Waals surface area contributed by atoms with E-state index in [1.54, 1.807) is 12.1 Å². The Labute approximate surface area is 105 Å². The Kier molecular flexibility index (Phi) is 3.19. The van der Waals surface area contributed by atoms with E-state index in [4.69, 9.17) is 4.74 Å². The fraction of sp³-hybridized carbons (Fsp3) is 0.286. The van der Waals surface area contributed by atoms with Crippen molar-refractivity contribution in [1.82, 2.24) is 4.98 Å². The van der Waals surface area contributed by atoms with Gasteiger partial charge in [-0.05, 0) is 31.0 Å². The molecule has 0 saturated heterocycles. The number of carbonyl (C=O) groups excluding carboxylic acids is 1. The normalized spacial score (nSPS) is 10.6. The monoisotopic (exact) mass is 245 g/mol. The van der Waals surface area contributed by atoms with Crippen molar-refractivity contribution < 1.29 is 9.53 Å². The van der Waals surface area contributed by atoms with Crippen molar-refractivity contribution in [3.63, 3.8) is 0 Å². The van der Waals surface area contributed by atoms with Crippen LogP contribution in [0.25, 0.3) is 10.9 Å². The second-order valence-electron chi connectivity index (χ2n) is 4.21. The molecule has 0 saturated carbocycles. The minimum Gasteiger partial charge on any atom is -0.427 e. The number of nitrogens with one attached hydrogen (secondary N) is 1. The standard InChI is InChI=1S/C14H15NO3/c1-4-11-8(2)12-6-5-10(18-9(3)16)7-13(12)15-14(11)17/h5-7H,4H2,1-3H3,(H,15,17). The molecule has 1 heterocycles. The van der Waals surface area contributed by atoms with Gasteiger partial charge in [-0.3, -0.25) is 9.59 Å². The first-order valence-corrected chi connectivity index (χ1v) is 5.87. The number of ether oxygens (including phenoxy) is 1. The number of benzene rings is 1. The highest BCUT2D eigenvalue weighted by atomic mass is 16.5. The number of rotatable bonds is 2. The molecule has 1 aromatic heterocycles. The zero-order valence-electron chi connectivity index (χ0n) is 10.7. The molecule has 0 amide bonds. The first kappa shape index (κ1) is 12.4. The van der Waals surface area contributed by atoms with E-state index in [1.165, 1.54) is 6.92 Å². The van der Waals surface area contributed by atoms with Crippen LogP contribution in [0.2, 0.25) is 0 Å². The van der Waals surface area contributed by atoms with E-state index in [2.05, 4.69) is 4.98 Å². The van der Waals surface area contributed by atoms with Gasteiger partial charge >= 0.3 is 5.97 Å². The number of aryl methyl sites for hydroxylation is 1. The molecule has 0 bridgehead atoms. The van der Waals surface area contributed by atoms with Gasteiger partial charge in [0.05, 0.1) is 5.52 Å². The van der Waals surface area contributed by atoms with Crippen molar-refractivity contribution in [1.29, 1.82) is 0 Å². The molecule has 2 rings (SSSR count). The lowest BCUT2D eigenvalue weighted by Crippen LogP contribution is -2.14. The lowest BCUT2D eigenvalue weighted by Gasteiger charge is -2.08. The SMILES string of the molecule is CCc1c(C)c2ccc(OC(C)=O)cc2[nH]c1=O. The van der Waals surface area contributed by atoms with Gasteiger partial charge in [-0.15, -0.1) is 0 Å². The molecule has 0 atom stereocenters. The Morgan fingerprint density at radius 2 is 2.11 bits per heavy atom. The summed E-state index contributed by atoms with van der Waals surface area (Å²) in [5, 5.41) is 0.974. The van der Waals surface area contributed by atoms with Crippen LogP contribution < -0.4 is 10.3 Å². The summed E-state index contributed by atoms with van der Waals surface area (Å²) in [6, 6.07) is 5.26. The predicted molar refractivity (Wildman–Crippen MR) is 70.0 cm³/mol. The highest BCUT2D eigenvalue weighted by Crippen LogP contribution is 2.22. The van der Waals surface area contributed by atoms with Crippen LogP contribution in [0.1, 0.15) is 25.0 Å². The number of esters is 1. The third kappa shape index (κ3) is 2.14. The second kappa shape index (κ2) is 4.64. The average molecular weight is 245 g/mol. The van der Waals surface area contributed by atoms with Crippen molar-refractivity contribution in [2.75, 3.05) is 0 Å². The summed E-state index contributed by atoms with van der Waals surface area (Å²) in [5.41, 5.74) is 2.38. The molecule has 0 radical (unpaired) electrons. The van der Waals surface area contributed by atoms with E-state index in [1.807, 2.05) is 19.9 Å². The van der Waals surface area contributed by atoms with Gasteiger partial charge < -0.3 is 9.72 Å². The van der Waals surface area contributed by atoms with Crippen LogP contribution in [0, 0.1) is 6.92 Å². The van der Waals surface area contributed by atoms with Gasteiger partial charge in [-0.25, -0.2) is 0 Å². The number of H-pyrrole nitrogens is 1. The molecule has 0 spiro atoms. The maximum absolute atomic E-state index is 11.9. The lowest BCUT2D eigenvalue weighted by atomic mass is 10.0. The summed E-state index contributed by atoms with van der Waals surface area (Å²) in [7, 11) is 0. The van der Waals surface area contributed by atoms with Gasteiger partial charge in [-0.1, -0.05) is 6.92 Å². The van der Waals surface area contributed by atoms with E-state index in [-0.39, 0.29) is 11.5 Å². The lowest BCUT2D eigenvalue weighted by molar-refractivity contribution is -0.131. The third-order valence-electron chi connectivity index (χ3n) is 2.99. The van der Waals surface area contributed by atoms with Gasteiger partial charge in [0.1, 0.15) is 5.75 Å². The van der Waals surface area contributed by atoms with Gasteiger partial charge in [0.15, 0.2) is 0 Å². The fourth-order valence-corrected chi connectivity index (χ4v) is 2.14. The van der Waals surface area contributed by atoms with E-state index in [0.29, 0.717) is 17.7 Å². The minimum atomic E-state index is -0.376. The Bertz CT molecular complexity index is 671. The molecule has 4 nitrogen and oxygen atoms in total. The number of aromatic amines is 1. The van der Waals surface area contributed by atoms with Crippen molar-refractivity contribution in [3.8, 4) is 5.75 Å². The molecule has 94 valence electrons. The molecule has 2 aromatic rings. The maximum Gasteiger partial charge on any atom is 0.308 e. The van der Waals surface area contributed by atoms with Crippen LogP contribution in [0.5, 0.6) is 5.75 Å². The topological polar surface area (TPSA) is 59.2 Å². The summed E-state index contributed by atoms with van der Waals surface area (Å²) < 4.78 is 5.00. The Balaban J connectivity index is 2.65. The maximum atomic E-state index is 11.9. The van der Waals surface area contributed by atoms with Crippen LogP contribution >= 0.6 is 0 Å². The van der Waals surface area contributed by atoms with Gasteiger partial charge in [0, 0.05) is 23.9 Å². The molecular formula is C14H15NO3. The molecule has 1 N–H and O–H groups in total. The third-order valence-corrected chi connectivity index (χ3v) is 2.99.